The number of amides is 3. The van der Waals surface area contributed by atoms with E-state index in [1.54, 1.807) is 39.0 Å². The van der Waals surface area contributed by atoms with Crippen LogP contribution < -0.4 is 20.4 Å². The predicted octanol–water partition coefficient (Wildman–Crippen LogP) is 3.76. The average molecular weight is 557 g/mol. The van der Waals surface area contributed by atoms with Gasteiger partial charge in [-0.1, -0.05) is 57.2 Å². The van der Waals surface area contributed by atoms with Crippen molar-refractivity contribution in [1.29, 1.82) is 0 Å². The van der Waals surface area contributed by atoms with Gasteiger partial charge in [-0.2, -0.15) is 0 Å². The van der Waals surface area contributed by atoms with Crippen molar-refractivity contribution in [3.8, 4) is 0 Å². The van der Waals surface area contributed by atoms with E-state index in [1.807, 2.05) is 47.4 Å². The molecule has 1 aliphatic rings. The van der Waals surface area contributed by atoms with E-state index in [2.05, 4.69) is 10.6 Å². The number of para-hydroxylation sites is 3. The molecule has 10 heteroatoms. The van der Waals surface area contributed by atoms with Gasteiger partial charge in [0, 0.05) is 16.8 Å². The van der Waals surface area contributed by atoms with Gasteiger partial charge in [-0.3, -0.25) is 9.59 Å². The second kappa shape index (κ2) is 12.6. The first kappa shape index (κ1) is 30.1. The van der Waals surface area contributed by atoms with Crippen molar-refractivity contribution >= 4 is 84.2 Å². The molecule has 0 radical (unpaired) electrons. The summed E-state index contributed by atoms with van der Waals surface area (Å²) in [6.45, 7) is 5.36. The molecule has 39 heavy (non-hydrogen) atoms. The fourth-order valence-corrected chi connectivity index (χ4v) is 4.15. The van der Waals surface area contributed by atoms with Crippen LogP contribution in [0, 0.1) is 5.41 Å². The number of ketones is 1. The number of nitrogens with zero attached hydrogens (tertiary/aromatic N) is 2. The van der Waals surface area contributed by atoms with Gasteiger partial charge in [-0.15, -0.1) is 0 Å². The van der Waals surface area contributed by atoms with Gasteiger partial charge in [0.25, 0.3) is 5.91 Å². The number of benzene rings is 3. The molecule has 1 aliphatic heterocycles. The third kappa shape index (κ3) is 7.17. The number of hydrogen-bond acceptors (Lipinski definition) is 5. The van der Waals surface area contributed by atoms with E-state index in [9.17, 15) is 24.3 Å². The second-order valence-corrected chi connectivity index (χ2v) is 10.1. The summed E-state index contributed by atoms with van der Waals surface area (Å²) in [5.74, 6) is -1.67. The van der Waals surface area contributed by atoms with Gasteiger partial charge in [0.05, 0.1) is 30.0 Å². The molecule has 0 saturated carbocycles. The van der Waals surface area contributed by atoms with Gasteiger partial charge in [-0.05, 0) is 42.5 Å². The molecule has 0 aliphatic carbocycles. The van der Waals surface area contributed by atoms with Crippen LogP contribution in [0.15, 0.2) is 78.9 Å². The Bertz CT molecular complexity index is 1370. The van der Waals surface area contributed by atoms with Gasteiger partial charge in [0.1, 0.15) is 6.04 Å². The van der Waals surface area contributed by atoms with Crippen molar-refractivity contribution in [1.82, 2.24) is 5.32 Å². The SMILES string of the molecule is CC(C)(C)C(=O)CN1C(=O)C(NC(=O)Nc2cccc(C(=O)O)c2)CN(c2ccccc2)c2ccccc21.[CaH2]. The first-order valence-corrected chi connectivity index (χ1v) is 12.2. The van der Waals surface area contributed by atoms with E-state index < -0.39 is 29.4 Å². The first-order chi connectivity index (χ1) is 18.0. The van der Waals surface area contributed by atoms with Crippen LogP contribution in [-0.2, 0) is 9.59 Å². The van der Waals surface area contributed by atoms with Crippen molar-refractivity contribution in [2.24, 2.45) is 5.41 Å². The second-order valence-electron chi connectivity index (χ2n) is 10.1. The monoisotopic (exact) mass is 556 g/mol. The fourth-order valence-electron chi connectivity index (χ4n) is 4.15. The van der Waals surface area contributed by atoms with Crippen LogP contribution in [0.4, 0.5) is 27.5 Å². The minimum absolute atomic E-state index is 0. The number of hydrogen-bond donors (Lipinski definition) is 3. The predicted molar refractivity (Wildman–Crippen MR) is 155 cm³/mol. The molecule has 3 aromatic rings. The summed E-state index contributed by atoms with van der Waals surface area (Å²) in [7, 11) is 0. The molecule has 1 unspecified atom stereocenters. The standard InChI is InChI=1S/C29H30N4O5.Ca.2H/c1-29(2,3)25(34)18-33-24-15-8-7-14-23(24)32(21-12-5-4-6-13-21)17-22(26(33)35)31-28(38)30-20-11-9-10-19(16-20)27(36)37;;;/h4-16,22H,17-18H2,1-3H3,(H,36,37)(H2,30,31,38);;;. The summed E-state index contributed by atoms with van der Waals surface area (Å²) < 4.78 is 0. The number of aromatic carboxylic acids is 1. The summed E-state index contributed by atoms with van der Waals surface area (Å²) in [6.07, 6.45) is 0. The number of anilines is 4. The van der Waals surface area contributed by atoms with E-state index in [-0.39, 0.29) is 67.9 Å². The number of carbonyl (C=O) groups is 4. The molecular weight excluding hydrogens is 524 g/mol. The number of Topliss-reactive ketones (excluding diaryl/α,β-unsaturated/α-hetero) is 1. The number of carbonyl (C=O) groups excluding carboxylic acids is 3. The topological polar surface area (TPSA) is 119 Å². The summed E-state index contributed by atoms with van der Waals surface area (Å²) in [5, 5.41) is 14.6. The number of urea groups is 1. The summed E-state index contributed by atoms with van der Waals surface area (Å²) in [5.41, 5.74) is 1.73. The Morgan fingerprint density at radius 3 is 2.21 bits per heavy atom. The van der Waals surface area contributed by atoms with Crippen LogP contribution in [0.1, 0.15) is 31.1 Å². The third-order valence-electron chi connectivity index (χ3n) is 6.27. The van der Waals surface area contributed by atoms with Crippen LogP contribution >= 0.6 is 0 Å². The molecule has 0 spiro atoms. The van der Waals surface area contributed by atoms with Crippen LogP contribution in [0.5, 0.6) is 0 Å². The number of rotatable bonds is 6. The molecule has 3 aromatic carbocycles. The van der Waals surface area contributed by atoms with Crippen LogP contribution in [0.3, 0.4) is 0 Å². The van der Waals surface area contributed by atoms with Gasteiger partial charge < -0.3 is 25.5 Å². The van der Waals surface area contributed by atoms with Gasteiger partial charge in [0.2, 0.25) is 0 Å². The van der Waals surface area contributed by atoms with Crippen molar-refractivity contribution in [3.05, 3.63) is 84.4 Å². The molecule has 200 valence electrons. The van der Waals surface area contributed by atoms with Crippen molar-refractivity contribution in [3.63, 3.8) is 0 Å². The zero-order chi connectivity index (χ0) is 27.4. The minimum atomic E-state index is -1.12. The van der Waals surface area contributed by atoms with Crippen molar-refractivity contribution < 1.29 is 24.3 Å². The third-order valence-corrected chi connectivity index (χ3v) is 6.27. The Labute approximate surface area is 257 Å². The number of carboxylic acid groups (broad SMARTS) is 1. The Hall–Kier alpha value is -3.40. The summed E-state index contributed by atoms with van der Waals surface area (Å²) in [4.78, 5) is 54.6. The van der Waals surface area contributed by atoms with Crippen LogP contribution in [-0.4, -0.2) is 85.7 Å². The molecule has 4 rings (SSSR count). The zero-order valence-corrected chi connectivity index (χ0v) is 21.5. The molecule has 3 amide bonds. The molecular formula is C29H32CaN4O5. The van der Waals surface area contributed by atoms with Gasteiger partial charge >= 0.3 is 49.7 Å². The molecule has 0 aromatic heterocycles. The van der Waals surface area contributed by atoms with E-state index in [4.69, 9.17) is 0 Å². The van der Waals surface area contributed by atoms with E-state index in [0.717, 1.165) is 11.4 Å². The Kier molecular flexibility index (Phi) is 9.77. The number of nitrogens with one attached hydrogen (secondary N) is 2. The molecule has 0 bridgehead atoms. The molecule has 3 N–H and O–H groups in total. The summed E-state index contributed by atoms with van der Waals surface area (Å²) in [6, 6.07) is 20.9. The van der Waals surface area contributed by atoms with E-state index in [0.29, 0.717) is 5.69 Å². The average Bonchev–Trinajstić information content (AvgIpc) is 2.99. The van der Waals surface area contributed by atoms with Gasteiger partial charge in [-0.25, -0.2) is 9.59 Å². The Morgan fingerprint density at radius 2 is 1.56 bits per heavy atom. The molecule has 9 nitrogen and oxygen atoms in total. The Balaban J connectivity index is 0.00000420. The van der Waals surface area contributed by atoms with Gasteiger partial charge in [0.15, 0.2) is 5.78 Å². The molecule has 0 saturated heterocycles. The van der Waals surface area contributed by atoms with Crippen molar-refractivity contribution in [2.75, 3.05) is 28.2 Å². The normalized spacial score (nSPS) is 14.9. The summed E-state index contributed by atoms with van der Waals surface area (Å²) >= 11 is 0. The zero-order valence-electron chi connectivity index (χ0n) is 21.5. The number of fused-ring (bicyclic) bond motifs is 1. The van der Waals surface area contributed by atoms with E-state index >= 15 is 0 Å². The maximum absolute atomic E-state index is 13.9. The maximum atomic E-state index is 13.9. The fraction of sp³-hybridized carbons (Fsp3) is 0.241. The molecule has 1 atom stereocenters. The molecule has 0 fully saturated rings. The Morgan fingerprint density at radius 1 is 0.923 bits per heavy atom. The van der Waals surface area contributed by atoms with Crippen LogP contribution in [0.25, 0.3) is 0 Å². The number of carboxylic acids is 1. The molecule has 1 heterocycles. The van der Waals surface area contributed by atoms with Crippen LogP contribution in [0.2, 0.25) is 0 Å². The quantitative estimate of drug-likeness (QED) is 0.398. The van der Waals surface area contributed by atoms with Crippen molar-refractivity contribution in [2.45, 2.75) is 26.8 Å². The van der Waals surface area contributed by atoms with E-state index in [1.165, 1.54) is 23.1 Å². The first-order valence-electron chi connectivity index (χ1n) is 12.2.